The number of anilines is 3. The number of rotatable bonds is 7. The fourth-order valence-corrected chi connectivity index (χ4v) is 9.01. The quantitative estimate of drug-likeness (QED) is 0.151. The Balaban J connectivity index is 0.947. The molecule has 0 fully saturated rings. The molecule has 0 amide bonds. The average Bonchev–Trinajstić information content (AvgIpc) is 3.72. The smallest absolute Gasteiger partial charge is 0.137 e. The number of benzene rings is 10. The molecular weight excluding hydrogens is 755 g/mol. The van der Waals surface area contributed by atoms with E-state index in [1.54, 1.807) is 0 Å². The van der Waals surface area contributed by atoms with Crippen LogP contribution in [-0.2, 0) is 0 Å². The van der Waals surface area contributed by atoms with Crippen LogP contribution in [0.3, 0.4) is 0 Å². The zero-order valence-corrected chi connectivity index (χ0v) is 33.6. The molecule has 2 heterocycles. The highest BCUT2D eigenvalue weighted by Crippen LogP contribution is 2.42. The van der Waals surface area contributed by atoms with Crippen molar-refractivity contribution in [3.63, 3.8) is 0 Å². The van der Waals surface area contributed by atoms with Gasteiger partial charge in [-0.1, -0.05) is 158 Å². The van der Waals surface area contributed by atoms with Gasteiger partial charge in [0, 0.05) is 50.4 Å². The van der Waals surface area contributed by atoms with Gasteiger partial charge >= 0.3 is 0 Å². The fourth-order valence-electron chi connectivity index (χ4n) is 9.01. The van der Waals surface area contributed by atoms with Crippen LogP contribution in [0.5, 0.6) is 0 Å². The van der Waals surface area contributed by atoms with E-state index in [1.807, 2.05) is 12.1 Å². The first-order valence-corrected chi connectivity index (χ1v) is 21.0. The molecule has 12 rings (SSSR count). The second kappa shape index (κ2) is 14.7. The van der Waals surface area contributed by atoms with Gasteiger partial charge in [-0.3, -0.25) is 0 Å². The van der Waals surface area contributed by atoms with E-state index in [4.69, 9.17) is 14.4 Å². The van der Waals surface area contributed by atoms with E-state index < -0.39 is 0 Å². The molecule has 0 aliphatic carbocycles. The monoisotopic (exact) mass is 791 g/mol. The van der Waals surface area contributed by atoms with Crippen molar-refractivity contribution in [2.75, 3.05) is 4.90 Å². The van der Waals surface area contributed by atoms with Crippen molar-refractivity contribution in [1.29, 1.82) is 0 Å². The lowest BCUT2D eigenvalue weighted by Gasteiger charge is -2.26. The van der Waals surface area contributed by atoms with Crippen molar-refractivity contribution in [2.45, 2.75) is 0 Å². The first kappa shape index (κ1) is 35.6. The zero-order valence-electron chi connectivity index (χ0n) is 33.6. The SMILES string of the molecule is c1ccc(-c2cccc(N(c3ccccc3)c3ccc4c(c3)oc3ccc(-c5ccc6c(ccc7ccc8nc(-c9ccccc9)c(-c9ccccc9)nc8c76)c5)cc34)c2)cc1. The Kier molecular flexibility index (Phi) is 8.46. The maximum absolute atomic E-state index is 6.60. The van der Waals surface area contributed by atoms with Gasteiger partial charge in [0.1, 0.15) is 11.2 Å². The highest BCUT2D eigenvalue weighted by molar-refractivity contribution is 6.19. The van der Waals surface area contributed by atoms with Crippen molar-refractivity contribution >= 4 is 71.6 Å². The van der Waals surface area contributed by atoms with Crippen molar-refractivity contribution < 1.29 is 4.42 Å². The molecule has 12 aromatic rings. The molecule has 0 N–H and O–H groups in total. The minimum absolute atomic E-state index is 0.845. The van der Waals surface area contributed by atoms with Gasteiger partial charge in [-0.2, -0.15) is 0 Å². The van der Waals surface area contributed by atoms with Crippen LogP contribution in [0.25, 0.3) is 99.3 Å². The molecule has 2 aromatic heterocycles. The third-order valence-corrected chi connectivity index (χ3v) is 12.0. The van der Waals surface area contributed by atoms with Crippen molar-refractivity contribution in [1.82, 2.24) is 9.97 Å². The second-order valence-corrected chi connectivity index (χ2v) is 15.8. The molecule has 0 spiro atoms. The average molecular weight is 792 g/mol. The lowest BCUT2D eigenvalue weighted by Crippen LogP contribution is -2.09. The minimum Gasteiger partial charge on any atom is -0.456 e. The van der Waals surface area contributed by atoms with E-state index in [2.05, 4.69) is 217 Å². The highest BCUT2D eigenvalue weighted by Gasteiger charge is 2.19. The van der Waals surface area contributed by atoms with Crippen LogP contribution in [0.1, 0.15) is 0 Å². The third-order valence-electron chi connectivity index (χ3n) is 12.0. The third kappa shape index (κ3) is 6.16. The molecule has 0 unspecified atom stereocenters. The van der Waals surface area contributed by atoms with Gasteiger partial charge in [-0.15, -0.1) is 0 Å². The summed E-state index contributed by atoms with van der Waals surface area (Å²) in [4.78, 5) is 13.0. The Bertz CT molecular complexity index is 3620. The summed E-state index contributed by atoms with van der Waals surface area (Å²) in [6.45, 7) is 0. The van der Waals surface area contributed by atoms with Gasteiger partial charge in [0.05, 0.1) is 22.4 Å². The number of nitrogens with zero attached hydrogens (tertiary/aromatic N) is 3. The molecule has 0 aliphatic heterocycles. The molecule has 0 atom stereocenters. The molecule has 0 bridgehead atoms. The Labute approximate surface area is 358 Å². The number of furan rings is 1. The summed E-state index contributed by atoms with van der Waals surface area (Å²) in [5.41, 5.74) is 15.1. The predicted molar refractivity (Wildman–Crippen MR) is 258 cm³/mol. The molecule has 0 aliphatic rings. The summed E-state index contributed by atoms with van der Waals surface area (Å²) >= 11 is 0. The molecule has 290 valence electrons. The topological polar surface area (TPSA) is 42.2 Å². The molecule has 0 radical (unpaired) electrons. The van der Waals surface area contributed by atoms with Crippen LogP contribution in [0.2, 0.25) is 0 Å². The Hall–Kier alpha value is -8.34. The number of fused-ring (bicyclic) bond motifs is 8. The van der Waals surface area contributed by atoms with Crippen molar-refractivity contribution in [3.8, 4) is 44.8 Å². The maximum Gasteiger partial charge on any atom is 0.137 e. The zero-order chi connectivity index (χ0) is 41.0. The minimum atomic E-state index is 0.845. The maximum atomic E-state index is 6.60. The van der Waals surface area contributed by atoms with Crippen LogP contribution >= 0.6 is 0 Å². The van der Waals surface area contributed by atoms with E-state index in [0.29, 0.717) is 0 Å². The van der Waals surface area contributed by atoms with Crippen LogP contribution in [0.15, 0.2) is 229 Å². The van der Waals surface area contributed by atoms with Gasteiger partial charge < -0.3 is 9.32 Å². The van der Waals surface area contributed by atoms with Gasteiger partial charge in [0.15, 0.2) is 0 Å². The summed E-state index contributed by atoms with van der Waals surface area (Å²) in [6.07, 6.45) is 0. The second-order valence-electron chi connectivity index (χ2n) is 15.8. The number of para-hydroxylation sites is 1. The van der Waals surface area contributed by atoms with Gasteiger partial charge in [0.2, 0.25) is 0 Å². The molecule has 4 nitrogen and oxygen atoms in total. The van der Waals surface area contributed by atoms with Gasteiger partial charge in [-0.25, -0.2) is 9.97 Å². The molecule has 0 saturated heterocycles. The fraction of sp³-hybridized carbons (Fsp3) is 0. The molecule has 4 heteroatoms. The van der Waals surface area contributed by atoms with Crippen LogP contribution in [-0.4, -0.2) is 9.97 Å². The first-order valence-electron chi connectivity index (χ1n) is 21.0. The lowest BCUT2D eigenvalue weighted by molar-refractivity contribution is 0.669. The summed E-state index contributed by atoms with van der Waals surface area (Å²) in [7, 11) is 0. The van der Waals surface area contributed by atoms with E-state index in [0.717, 1.165) is 105 Å². The summed E-state index contributed by atoms with van der Waals surface area (Å²) in [5.74, 6) is 0. The first-order chi connectivity index (χ1) is 30.7. The van der Waals surface area contributed by atoms with Crippen molar-refractivity contribution in [2.24, 2.45) is 0 Å². The summed E-state index contributed by atoms with van der Waals surface area (Å²) < 4.78 is 6.60. The summed E-state index contributed by atoms with van der Waals surface area (Å²) in [5, 5.41) is 6.72. The van der Waals surface area contributed by atoms with Crippen LogP contribution in [0, 0.1) is 0 Å². The molecule has 10 aromatic carbocycles. The van der Waals surface area contributed by atoms with Gasteiger partial charge in [-0.05, 0) is 99.1 Å². The van der Waals surface area contributed by atoms with Crippen LogP contribution in [0.4, 0.5) is 17.1 Å². The van der Waals surface area contributed by atoms with E-state index in [1.165, 1.54) is 11.1 Å². The Morgan fingerprint density at radius 1 is 0.323 bits per heavy atom. The lowest BCUT2D eigenvalue weighted by atomic mass is 9.95. The van der Waals surface area contributed by atoms with Crippen molar-refractivity contribution in [3.05, 3.63) is 224 Å². The molecule has 62 heavy (non-hydrogen) atoms. The Morgan fingerprint density at radius 3 is 1.65 bits per heavy atom. The number of hydrogen-bond acceptors (Lipinski definition) is 4. The largest absolute Gasteiger partial charge is 0.456 e. The Morgan fingerprint density at radius 2 is 0.887 bits per heavy atom. The standard InChI is InChI=1S/C58H37N3O/c1-5-14-38(15-6-1)42-20-13-23-47(35-42)61(46-21-11-4-12-22-46)48-29-31-50-51-36-44(28-33-53(51)62-54(50)37-48)43-26-30-49-45(34-43)25-24-39-27-32-52-58(55(39)49)60-57(41-18-9-3-10-19-41)56(59-52)40-16-7-2-8-17-40/h1-37H. The normalized spacial score (nSPS) is 11.5. The number of aromatic nitrogens is 2. The van der Waals surface area contributed by atoms with Crippen LogP contribution < -0.4 is 4.90 Å². The number of hydrogen-bond donors (Lipinski definition) is 0. The highest BCUT2D eigenvalue weighted by atomic mass is 16.3. The predicted octanol–water partition coefficient (Wildman–Crippen LogP) is 16.0. The van der Waals surface area contributed by atoms with Gasteiger partial charge in [0.25, 0.3) is 0 Å². The van der Waals surface area contributed by atoms with E-state index in [9.17, 15) is 0 Å². The van der Waals surface area contributed by atoms with E-state index in [-0.39, 0.29) is 0 Å². The molecular formula is C58H37N3O. The van der Waals surface area contributed by atoms with E-state index >= 15 is 0 Å². The summed E-state index contributed by atoms with van der Waals surface area (Å²) in [6, 6.07) is 79.0. The molecule has 0 saturated carbocycles.